The summed E-state index contributed by atoms with van der Waals surface area (Å²) in [4.78, 5) is 2.28. The number of hydrogen-bond donors (Lipinski definition) is 2. The first-order valence-electron chi connectivity index (χ1n) is 10.3. The third-order valence-corrected chi connectivity index (χ3v) is 5.41. The number of aliphatic hydroxyl groups is 1. The van der Waals surface area contributed by atoms with Crippen molar-refractivity contribution in [3.05, 3.63) is 29.8 Å². The van der Waals surface area contributed by atoms with E-state index in [2.05, 4.69) is 23.5 Å². The van der Waals surface area contributed by atoms with Gasteiger partial charge in [-0.3, -0.25) is 4.72 Å². The summed E-state index contributed by atoms with van der Waals surface area (Å²) < 4.78 is 24.9. The molecule has 0 spiro atoms. The fourth-order valence-electron chi connectivity index (χ4n) is 3.19. The van der Waals surface area contributed by atoms with Crippen LogP contribution in [-0.2, 0) is 10.0 Å². The highest BCUT2D eigenvalue weighted by Crippen LogP contribution is 2.18. The van der Waals surface area contributed by atoms with Gasteiger partial charge in [-0.1, -0.05) is 70.9 Å². The van der Waals surface area contributed by atoms with Gasteiger partial charge in [0.05, 0.1) is 12.4 Å². The van der Waals surface area contributed by atoms with E-state index in [4.69, 9.17) is 0 Å². The number of hydrogen-bond acceptors (Lipinski definition) is 4. The third kappa shape index (κ3) is 11.4. The van der Waals surface area contributed by atoms with Crippen molar-refractivity contribution < 1.29 is 13.5 Å². The van der Waals surface area contributed by atoms with Gasteiger partial charge in [0.2, 0.25) is 10.0 Å². The maximum atomic E-state index is 11.2. The fourth-order valence-corrected chi connectivity index (χ4v) is 3.75. The summed E-state index contributed by atoms with van der Waals surface area (Å²) in [6.07, 6.45) is 11.0. The van der Waals surface area contributed by atoms with Crippen LogP contribution in [0.4, 0.5) is 5.69 Å². The molecule has 156 valence electrons. The second-order valence-corrected chi connectivity index (χ2v) is 9.13. The number of nitrogens with one attached hydrogen (secondary N) is 1. The molecule has 0 bridgehead atoms. The predicted molar refractivity (Wildman–Crippen MR) is 115 cm³/mol. The molecule has 1 atom stereocenters. The molecule has 1 aromatic carbocycles. The Hall–Kier alpha value is -1.11. The minimum Gasteiger partial charge on any atom is -0.387 e. The normalized spacial score (nSPS) is 13.1. The molecule has 5 nitrogen and oxygen atoms in total. The zero-order valence-electron chi connectivity index (χ0n) is 17.3. The summed E-state index contributed by atoms with van der Waals surface area (Å²) in [6.45, 7) is 6.90. The van der Waals surface area contributed by atoms with Crippen molar-refractivity contribution in [1.29, 1.82) is 0 Å². The lowest BCUT2D eigenvalue weighted by Crippen LogP contribution is -2.29. The first-order valence-corrected chi connectivity index (χ1v) is 12.2. The number of anilines is 1. The van der Waals surface area contributed by atoms with Crippen molar-refractivity contribution in [2.24, 2.45) is 0 Å². The van der Waals surface area contributed by atoms with Crippen molar-refractivity contribution in [2.75, 3.05) is 30.6 Å². The molecule has 6 heteroatoms. The van der Waals surface area contributed by atoms with E-state index in [0.717, 1.165) is 24.9 Å². The minimum atomic E-state index is -3.28. The average Bonchev–Trinajstić information content (AvgIpc) is 2.62. The third-order valence-electron chi connectivity index (χ3n) is 4.80. The quantitative estimate of drug-likeness (QED) is 0.425. The number of benzene rings is 1. The molecule has 0 aliphatic heterocycles. The maximum Gasteiger partial charge on any atom is 0.229 e. The standard InChI is InChI=1S/C21H38N2O3S/c1-4-6-7-8-9-10-11-12-17-23(5-2)18-21(24)19-13-15-20(16-14-19)22-27(3,25)26/h13-16,21-22,24H,4-12,17-18H2,1-3H3. The second kappa shape index (κ2) is 13.1. The molecule has 2 N–H and O–H groups in total. The van der Waals surface area contributed by atoms with Crippen molar-refractivity contribution in [2.45, 2.75) is 71.3 Å². The van der Waals surface area contributed by atoms with Crippen molar-refractivity contribution in [1.82, 2.24) is 4.90 Å². The van der Waals surface area contributed by atoms with Gasteiger partial charge in [-0.25, -0.2) is 8.42 Å². The highest BCUT2D eigenvalue weighted by Gasteiger charge is 2.13. The van der Waals surface area contributed by atoms with Gasteiger partial charge < -0.3 is 10.0 Å². The van der Waals surface area contributed by atoms with Crippen molar-refractivity contribution in [3.63, 3.8) is 0 Å². The topological polar surface area (TPSA) is 69.6 Å². The molecule has 0 aromatic heterocycles. The van der Waals surface area contributed by atoms with Crippen molar-refractivity contribution in [3.8, 4) is 0 Å². The smallest absolute Gasteiger partial charge is 0.229 e. The molecule has 1 unspecified atom stereocenters. The molecule has 0 saturated carbocycles. The van der Waals surface area contributed by atoms with Gasteiger partial charge in [0.1, 0.15) is 0 Å². The predicted octanol–water partition coefficient (Wildman–Crippen LogP) is 4.55. The second-order valence-electron chi connectivity index (χ2n) is 7.38. The molecule has 0 aliphatic carbocycles. The van der Waals surface area contributed by atoms with Gasteiger partial charge in [-0.15, -0.1) is 0 Å². The van der Waals surface area contributed by atoms with Crippen LogP contribution in [0.3, 0.4) is 0 Å². The van der Waals surface area contributed by atoms with Crippen LogP contribution in [0.15, 0.2) is 24.3 Å². The lowest BCUT2D eigenvalue weighted by Gasteiger charge is -2.24. The van der Waals surface area contributed by atoms with E-state index in [-0.39, 0.29) is 0 Å². The molecule has 0 saturated heterocycles. The molecular weight excluding hydrogens is 360 g/mol. The molecular formula is C21H38N2O3S. The van der Waals surface area contributed by atoms with Crippen LogP contribution in [0, 0.1) is 0 Å². The van der Waals surface area contributed by atoms with Crippen molar-refractivity contribution >= 4 is 15.7 Å². The molecule has 1 aromatic rings. The van der Waals surface area contributed by atoms with Gasteiger partial charge in [-0.05, 0) is 37.2 Å². The SMILES string of the molecule is CCCCCCCCCCN(CC)CC(O)c1ccc(NS(C)(=O)=O)cc1. The summed E-state index contributed by atoms with van der Waals surface area (Å²) in [6, 6.07) is 6.94. The Bertz CT molecular complexity index is 602. The van der Waals surface area contributed by atoms with Gasteiger partial charge in [0.15, 0.2) is 0 Å². The Kier molecular flexibility index (Phi) is 11.6. The maximum absolute atomic E-state index is 11.2. The Labute approximate surface area is 166 Å². The highest BCUT2D eigenvalue weighted by molar-refractivity contribution is 7.92. The number of sulfonamides is 1. The summed E-state index contributed by atoms with van der Waals surface area (Å²) in [5, 5.41) is 10.5. The van der Waals surface area contributed by atoms with Gasteiger partial charge in [0, 0.05) is 12.2 Å². The van der Waals surface area contributed by atoms with Crippen LogP contribution < -0.4 is 4.72 Å². The van der Waals surface area contributed by atoms with Gasteiger partial charge in [0.25, 0.3) is 0 Å². The largest absolute Gasteiger partial charge is 0.387 e. The van der Waals surface area contributed by atoms with E-state index in [0.29, 0.717) is 12.2 Å². The van der Waals surface area contributed by atoms with Crippen LogP contribution in [-0.4, -0.2) is 44.3 Å². The fraction of sp³-hybridized carbons (Fsp3) is 0.714. The van der Waals surface area contributed by atoms with Crippen LogP contribution in [0.25, 0.3) is 0 Å². The molecule has 0 heterocycles. The van der Waals surface area contributed by atoms with E-state index in [1.54, 1.807) is 24.3 Å². The average molecular weight is 399 g/mol. The highest BCUT2D eigenvalue weighted by atomic mass is 32.2. The molecule has 0 radical (unpaired) electrons. The Morgan fingerprint density at radius 2 is 1.52 bits per heavy atom. The van der Waals surface area contributed by atoms with Gasteiger partial charge >= 0.3 is 0 Å². The van der Waals surface area contributed by atoms with Gasteiger partial charge in [-0.2, -0.15) is 0 Å². The molecule has 1 rings (SSSR count). The van der Waals surface area contributed by atoms with Crippen LogP contribution in [0.5, 0.6) is 0 Å². The zero-order valence-corrected chi connectivity index (χ0v) is 18.1. The van der Waals surface area contributed by atoms with E-state index in [1.165, 1.54) is 51.4 Å². The van der Waals surface area contributed by atoms with E-state index >= 15 is 0 Å². The minimum absolute atomic E-state index is 0.514. The monoisotopic (exact) mass is 398 g/mol. The van der Waals surface area contributed by atoms with Crippen LogP contribution in [0.2, 0.25) is 0 Å². The zero-order chi connectivity index (χ0) is 20.1. The first kappa shape index (κ1) is 23.9. The molecule has 0 fully saturated rings. The molecule has 0 amide bonds. The summed E-state index contributed by atoms with van der Waals surface area (Å²) >= 11 is 0. The van der Waals surface area contributed by atoms with E-state index < -0.39 is 16.1 Å². The number of likely N-dealkylation sites (N-methyl/N-ethyl adjacent to an activating group) is 1. The number of rotatable bonds is 15. The number of unbranched alkanes of at least 4 members (excludes halogenated alkanes) is 7. The molecule has 0 aliphatic rings. The number of nitrogens with zero attached hydrogens (tertiary/aromatic N) is 1. The van der Waals surface area contributed by atoms with E-state index in [1.807, 2.05) is 0 Å². The Morgan fingerprint density at radius 1 is 0.963 bits per heavy atom. The summed E-state index contributed by atoms with van der Waals surface area (Å²) in [5.41, 5.74) is 1.32. The summed E-state index contributed by atoms with van der Waals surface area (Å²) in [5.74, 6) is 0. The van der Waals surface area contributed by atoms with Crippen LogP contribution >= 0.6 is 0 Å². The first-order chi connectivity index (χ1) is 12.9. The number of aliphatic hydroxyl groups excluding tert-OH is 1. The Balaban J connectivity index is 2.32. The lowest BCUT2D eigenvalue weighted by molar-refractivity contribution is 0.115. The lowest BCUT2D eigenvalue weighted by atomic mass is 10.1. The Morgan fingerprint density at radius 3 is 2.04 bits per heavy atom. The van der Waals surface area contributed by atoms with Crippen LogP contribution in [0.1, 0.15) is 76.9 Å². The molecule has 27 heavy (non-hydrogen) atoms. The summed E-state index contributed by atoms with van der Waals surface area (Å²) in [7, 11) is -3.28. The van der Waals surface area contributed by atoms with E-state index in [9.17, 15) is 13.5 Å².